The van der Waals surface area contributed by atoms with Crippen LogP contribution in [0.2, 0.25) is 0 Å². The monoisotopic (exact) mass is 435 g/mol. The van der Waals surface area contributed by atoms with Crippen LogP contribution >= 0.6 is 39.0 Å². The summed E-state index contributed by atoms with van der Waals surface area (Å²) in [4.78, 5) is 1.34. The number of thioether (sulfide) groups is 1. The molecule has 0 bridgehead atoms. The Morgan fingerprint density at radius 2 is 2.04 bits per heavy atom. The summed E-state index contributed by atoms with van der Waals surface area (Å²) in [5.74, 6) is 2.84. The zero-order valence-corrected chi connectivity index (χ0v) is 16.8. The molecule has 0 N–H and O–H groups in total. The Morgan fingerprint density at radius 3 is 2.76 bits per heavy atom. The van der Waals surface area contributed by atoms with Gasteiger partial charge in [-0.15, -0.1) is 21.5 Å². The number of hydrogen-bond acceptors (Lipinski definition) is 5. The van der Waals surface area contributed by atoms with Crippen LogP contribution in [0.4, 0.5) is 0 Å². The van der Waals surface area contributed by atoms with Crippen molar-refractivity contribution >= 4 is 39.0 Å². The van der Waals surface area contributed by atoms with Gasteiger partial charge in [0, 0.05) is 27.6 Å². The zero-order chi connectivity index (χ0) is 17.1. The van der Waals surface area contributed by atoms with E-state index >= 15 is 0 Å². The minimum atomic E-state index is 0.583. The molecule has 1 fully saturated rings. The molecular weight excluding hydrogens is 418 g/mol. The highest BCUT2D eigenvalue weighted by atomic mass is 79.9. The van der Waals surface area contributed by atoms with Gasteiger partial charge >= 0.3 is 0 Å². The van der Waals surface area contributed by atoms with Gasteiger partial charge in [0.25, 0.3) is 0 Å². The van der Waals surface area contributed by atoms with Crippen LogP contribution in [-0.4, -0.2) is 27.1 Å². The SMILES string of the molecule is Brc1ccc(OCCSc2nnc(Cc3cccs3)n2C2CC2)cc1. The second kappa shape index (κ2) is 7.93. The summed E-state index contributed by atoms with van der Waals surface area (Å²) in [5.41, 5.74) is 0. The van der Waals surface area contributed by atoms with E-state index in [0.29, 0.717) is 12.6 Å². The lowest BCUT2D eigenvalue weighted by Crippen LogP contribution is -2.05. The molecule has 2 aromatic heterocycles. The molecule has 25 heavy (non-hydrogen) atoms. The normalized spacial score (nSPS) is 14.0. The highest BCUT2D eigenvalue weighted by molar-refractivity contribution is 9.10. The summed E-state index contributed by atoms with van der Waals surface area (Å²) < 4.78 is 9.19. The molecule has 3 aromatic rings. The smallest absolute Gasteiger partial charge is 0.191 e. The molecule has 0 aliphatic heterocycles. The molecule has 4 rings (SSSR count). The Hall–Kier alpha value is -1.31. The van der Waals surface area contributed by atoms with Gasteiger partial charge in [0.1, 0.15) is 11.6 Å². The fraction of sp³-hybridized carbons (Fsp3) is 0.333. The van der Waals surface area contributed by atoms with E-state index in [1.54, 1.807) is 23.1 Å². The number of ether oxygens (including phenoxy) is 1. The molecule has 1 saturated carbocycles. The summed E-state index contributed by atoms with van der Waals surface area (Å²) >= 11 is 6.94. The van der Waals surface area contributed by atoms with Crippen LogP contribution in [0.25, 0.3) is 0 Å². The number of thiophene rings is 1. The van der Waals surface area contributed by atoms with Crippen LogP contribution in [-0.2, 0) is 6.42 Å². The lowest BCUT2D eigenvalue weighted by Gasteiger charge is -2.09. The highest BCUT2D eigenvalue weighted by Crippen LogP contribution is 2.39. The molecule has 7 heteroatoms. The van der Waals surface area contributed by atoms with Crippen molar-refractivity contribution in [3.05, 3.63) is 57.0 Å². The van der Waals surface area contributed by atoms with Crippen LogP contribution < -0.4 is 4.74 Å². The third-order valence-corrected chi connectivity index (χ3v) is 6.27. The van der Waals surface area contributed by atoms with Gasteiger partial charge < -0.3 is 9.30 Å². The zero-order valence-electron chi connectivity index (χ0n) is 13.6. The Morgan fingerprint density at radius 1 is 1.20 bits per heavy atom. The van der Waals surface area contributed by atoms with Crippen molar-refractivity contribution in [2.75, 3.05) is 12.4 Å². The predicted molar refractivity (Wildman–Crippen MR) is 106 cm³/mol. The van der Waals surface area contributed by atoms with Gasteiger partial charge in [0.15, 0.2) is 5.16 Å². The number of aromatic nitrogens is 3. The van der Waals surface area contributed by atoms with Gasteiger partial charge in [0.05, 0.1) is 6.61 Å². The van der Waals surface area contributed by atoms with Crippen molar-refractivity contribution in [1.29, 1.82) is 0 Å². The summed E-state index contributed by atoms with van der Waals surface area (Å²) in [6, 6.07) is 12.8. The van der Waals surface area contributed by atoms with Gasteiger partial charge in [0.2, 0.25) is 0 Å². The van der Waals surface area contributed by atoms with Gasteiger partial charge in [-0.25, -0.2) is 0 Å². The van der Waals surface area contributed by atoms with Gasteiger partial charge in [-0.2, -0.15) is 0 Å². The van der Waals surface area contributed by atoms with Gasteiger partial charge in [-0.3, -0.25) is 0 Å². The topological polar surface area (TPSA) is 39.9 Å². The highest BCUT2D eigenvalue weighted by Gasteiger charge is 2.29. The van der Waals surface area contributed by atoms with Crippen molar-refractivity contribution in [3.63, 3.8) is 0 Å². The lowest BCUT2D eigenvalue weighted by molar-refractivity contribution is 0.343. The van der Waals surface area contributed by atoms with Crippen molar-refractivity contribution in [2.45, 2.75) is 30.5 Å². The molecule has 2 heterocycles. The summed E-state index contributed by atoms with van der Waals surface area (Å²) in [5, 5.41) is 12.0. The van der Waals surface area contributed by atoms with Crippen LogP contribution in [0.15, 0.2) is 51.4 Å². The Kier molecular flexibility index (Phi) is 5.43. The average Bonchev–Trinajstić information content (AvgIpc) is 3.17. The maximum Gasteiger partial charge on any atom is 0.191 e. The molecule has 0 atom stereocenters. The molecule has 0 unspecified atom stereocenters. The molecular formula is C18H18BrN3OS2. The molecule has 0 amide bonds. The lowest BCUT2D eigenvalue weighted by atomic mass is 10.3. The number of halogens is 1. The van der Waals surface area contributed by atoms with E-state index in [4.69, 9.17) is 4.74 Å². The van der Waals surface area contributed by atoms with Crippen molar-refractivity contribution in [2.24, 2.45) is 0 Å². The minimum Gasteiger partial charge on any atom is -0.493 e. The predicted octanol–water partition coefficient (Wildman–Crippen LogP) is 5.20. The molecule has 130 valence electrons. The van der Waals surface area contributed by atoms with Crippen molar-refractivity contribution in [1.82, 2.24) is 14.8 Å². The van der Waals surface area contributed by atoms with E-state index in [1.165, 1.54) is 17.7 Å². The fourth-order valence-electron chi connectivity index (χ4n) is 2.62. The Labute approximate surface area is 163 Å². The van der Waals surface area contributed by atoms with E-state index < -0.39 is 0 Å². The molecule has 1 aliphatic rings. The van der Waals surface area contributed by atoms with Crippen LogP contribution in [0.5, 0.6) is 5.75 Å². The van der Waals surface area contributed by atoms with Gasteiger partial charge in [-0.05, 0) is 48.6 Å². The molecule has 0 saturated heterocycles. The van der Waals surface area contributed by atoms with Crippen molar-refractivity contribution in [3.8, 4) is 5.75 Å². The number of nitrogens with zero attached hydrogens (tertiary/aromatic N) is 3. The summed E-state index contributed by atoms with van der Waals surface area (Å²) in [6.07, 6.45) is 3.34. The number of benzene rings is 1. The Balaban J connectivity index is 1.35. The third-order valence-electron chi connectivity index (χ3n) is 3.96. The molecule has 4 nitrogen and oxygen atoms in total. The first kappa shape index (κ1) is 17.1. The number of rotatable bonds is 8. The van der Waals surface area contributed by atoms with Crippen molar-refractivity contribution < 1.29 is 4.74 Å². The summed E-state index contributed by atoms with van der Waals surface area (Å²) in [7, 11) is 0. The first-order valence-corrected chi connectivity index (χ1v) is 10.9. The van der Waals surface area contributed by atoms with Crippen LogP contribution in [0, 0.1) is 0 Å². The molecule has 0 spiro atoms. The summed E-state index contributed by atoms with van der Waals surface area (Å²) in [6.45, 7) is 0.657. The first-order chi connectivity index (χ1) is 12.3. The van der Waals surface area contributed by atoms with E-state index in [0.717, 1.165) is 33.4 Å². The van der Waals surface area contributed by atoms with E-state index in [-0.39, 0.29) is 0 Å². The standard InChI is InChI=1S/C18H18BrN3OS2/c19-13-3-7-15(8-4-13)23-9-11-25-18-21-20-17(22(18)14-5-6-14)12-16-2-1-10-24-16/h1-4,7-8,10,14H,5-6,9,11-12H2. The maximum atomic E-state index is 5.79. The molecule has 1 aromatic carbocycles. The van der Waals surface area contributed by atoms with Crippen LogP contribution in [0.3, 0.4) is 0 Å². The largest absolute Gasteiger partial charge is 0.493 e. The van der Waals surface area contributed by atoms with E-state index in [9.17, 15) is 0 Å². The van der Waals surface area contributed by atoms with Gasteiger partial charge in [-0.1, -0.05) is 33.8 Å². The second-order valence-corrected chi connectivity index (χ2v) is 8.92. The quantitative estimate of drug-likeness (QED) is 0.360. The van der Waals surface area contributed by atoms with E-state index in [2.05, 4.69) is 48.2 Å². The third kappa shape index (κ3) is 4.46. The van der Waals surface area contributed by atoms with E-state index in [1.807, 2.05) is 24.3 Å². The average molecular weight is 436 g/mol. The minimum absolute atomic E-state index is 0.583. The first-order valence-electron chi connectivity index (χ1n) is 8.27. The maximum absolute atomic E-state index is 5.79. The number of hydrogen-bond donors (Lipinski definition) is 0. The second-order valence-electron chi connectivity index (χ2n) is 5.91. The Bertz CT molecular complexity index is 813. The fourth-order valence-corrected chi connectivity index (χ4v) is 4.43. The van der Waals surface area contributed by atoms with Crippen LogP contribution in [0.1, 0.15) is 29.6 Å². The molecule has 1 aliphatic carbocycles. The molecule has 0 radical (unpaired) electrons.